The van der Waals surface area contributed by atoms with Crippen molar-refractivity contribution in [2.75, 3.05) is 13.2 Å². The van der Waals surface area contributed by atoms with Crippen LogP contribution in [0.2, 0.25) is 0 Å². The molecule has 0 aromatic rings. The normalized spacial score (nSPS) is 20.2. The van der Waals surface area contributed by atoms with Gasteiger partial charge in [0, 0.05) is 0 Å². The average molecular weight is 144 g/mol. The minimum atomic E-state index is -0.378. The van der Waals surface area contributed by atoms with Crippen LogP contribution in [0.1, 0.15) is 12.8 Å². The standard InChI is InChI=1S/C6H12N2O2/c7-3-5(9)10-4-6(8)1-2-6/h1-4,7-8H2. The fourth-order valence-electron chi connectivity index (χ4n) is 0.588. The van der Waals surface area contributed by atoms with Crippen molar-refractivity contribution in [3.8, 4) is 0 Å². The molecule has 0 unspecified atom stereocenters. The average Bonchev–Trinajstić information content (AvgIpc) is 2.64. The Morgan fingerprint density at radius 2 is 2.20 bits per heavy atom. The number of carbonyl (C=O) groups is 1. The van der Waals surface area contributed by atoms with Crippen molar-refractivity contribution in [2.45, 2.75) is 18.4 Å². The lowest BCUT2D eigenvalue weighted by Gasteiger charge is -2.07. The van der Waals surface area contributed by atoms with Crippen LogP contribution >= 0.6 is 0 Å². The zero-order valence-electron chi connectivity index (χ0n) is 5.80. The largest absolute Gasteiger partial charge is 0.463 e. The highest BCUT2D eigenvalue weighted by atomic mass is 16.5. The molecule has 58 valence electrons. The number of ether oxygens (including phenoxy) is 1. The minimum Gasteiger partial charge on any atom is -0.463 e. The van der Waals surface area contributed by atoms with E-state index >= 15 is 0 Å². The summed E-state index contributed by atoms with van der Waals surface area (Å²) in [5.74, 6) is -0.378. The molecule has 4 heteroatoms. The molecule has 1 fully saturated rings. The van der Waals surface area contributed by atoms with Crippen molar-refractivity contribution in [1.82, 2.24) is 0 Å². The van der Waals surface area contributed by atoms with E-state index in [1.165, 1.54) is 0 Å². The Labute approximate surface area is 59.5 Å². The number of hydrogen-bond acceptors (Lipinski definition) is 4. The van der Waals surface area contributed by atoms with Gasteiger partial charge >= 0.3 is 5.97 Å². The predicted octanol–water partition coefficient (Wildman–Crippen LogP) is -1.02. The number of esters is 1. The van der Waals surface area contributed by atoms with Gasteiger partial charge in [-0.05, 0) is 12.8 Å². The lowest BCUT2D eigenvalue weighted by atomic mass is 10.3. The van der Waals surface area contributed by atoms with Crippen LogP contribution in [0.15, 0.2) is 0 Å². The molecule has 0 radical (unpaired) electrons. The highest BCUT2D eigenvalue weighted by molar-refractivity contribution is 5.71. The zero-order valence-corrected chi connectivity index (χ0v) is 5.80. The molecule has 0 aliphatic heterocycles. The maximum atomic E-state index is 10.5. The molecular weight excluding hydrogens is 132 g/mol. The van der Waals surface area contributed by atoms with Gasteiger partial charge in [0.15, 0.2) is 0 Å². The second-order valence-electron chi connectivity index (χ2n) is 2.73. The Bertz CT molecular complexity index is 143. The van der Waals surface area contributed by atoms with Crippen LogP contribution < -0.4 is 11.5 Å². The summed E-state index contributed by atoms with van der Waals surface area (Å²) < 4.78 is 4.73. The molecule has 0 saturated heterocycles. The van der Waals surface area contributed by atoms with Gasteiger partial charge in [0.1, 0.15) is 6.61 Å². The van der Waals surface area contributed by atoms with Gasteiger partial charge < -0.3 is 16.2 Å². The van der Waals surface area contributed by atoms with Crippen molar-refractivity contribution < 1.29 is 9.53 Å². The van der Waals surface area contributed by atoms with Gasteiger partial charge in [0.05, 0.1) is 12.1 Å². The van der Waals surface area contributed by atoms with E-state index in [1.807, 2.05) is 0 Å². The van der Waals surface area contributed by atoms with Crippen molar-refractivity contribution in [3.63, 3.8) is 0 Å². The Hall–Kier alpha value is -0.610. The van der Waals surface area contributed by atoms with E-state index in [4.69, 9.17) is 16.2 Å². The Morgan fingerprint density at radius 1 is 1.60 bits per heavy atom. The maximum absolute atomic E-state index is 10.5. The quantitative estimate of drug-likeness (QED) is 0.497. The summed E-state index contributed by atoms with van der Waals surface area (Å²) in [6.07, 6.45) is 1.90. The Morgan fingerprint density at radius 3 is 2.60 bits per heavy atom. The Balaban J connectivity index is 2.10. The first kappa shape index (κ1) is 7.50. The van der Waals surface area contributed by atoms with Crippen LogP contribution in [0, 0.1) is 0 Å². The molecule has 0 amide bonds. The van der Waals surface area contributed by atoms with Crippen LogP contribution in [0.25, 0.3) is 0 Å². The highest BCUT2D eigenvalue weighted by Gasteiger charge is 2.39. The third kappa shape index (κ3) is 1.97. The highest BCUT2D eigenvalue weighted by Crippen LogP contribution is 2.31. The summed E-state index contributed by atoms with van der Waals surface area (Å²) >= 11 is 0. The van der Waals surface area contributed by atoms with Gasteiger partial charge in [-0.2, -0.15) is 0 Å². The van der Waals surface area contributed by atoms with Gasteiger partial charge in [-0.25, -0.2) is 0 Å². The van der Waals surface area contributed by atoms with E-state index < -0.39 is 0 Å². The SMILES string of the molecule is NCC(=O)OCC1(N)CC1. The molecule has 1 aliphatic rings. The van der Waals surface area contributed by atoms with Crippen LogP contribution in [-0.2, 0) is 9.53 Å². The van der Waals surface area contributed by atoms with Crippen LogP contribution in [0.5, 0.6) is 0 Å². The summed E-state index contributed by atoms with van der Waals surface area (Å²) in [6.45, 7) is 0.263. The molecular formula is C6H12N2O2. The molecule has 0 aromatic carbocycles. The van der Waals surface area contributed by atoms with E-state index in [-0.39, 0.29) is 18.1 Å². The Kier molecular flexibility index (Phi) is 1.92. The summed E-state index contributed by atoms with van der Waals surface area (Å²) in [4.78, 5) is 10.5. The van der Waals surface area contributed by atoms with Gasteiger partial charge in [0.25, 0.3) is 0 Å². The first-order valence-electron chi connectivity index (χ1n) is 3.31. The second-order valence-corrected chi connectivity index (χ2v) is 2.73. The minimum absolute atomic E-state index is 0.0594. The van der Waals surface area contributed by atoms with E-state index in [1.54, 1.807) is 0 Å². The van der Waals surface area contributed by atoms with Crippen LogP contribution in [0.4, 0.5) is 0 Å². The number of rotatable bonds is 3. The van der Waals surface area contributed by atoms with Crippen molar-refractivity contribution in [3.05, 3.63) is 0 Å². The van der Waals surface area contributed by atoms with Crippen molar-refractivity contribution in [1.29, 1.82) is 0 Å². The van der Waals surface area contributed by atoms with Crippen molar-refractivity contribution in [2.24, 2.45) is 11.5 Å². The number of carbonyl (C=O) groups excluding carboxylic acids is 1. The van der Waals surface area contributed by atoms with Crippen molar-refractivity contribution >= 4 is 5.97 Å². The lowest BCUT2D eigenvalue weighted by molar-refractivity contribution is -0.142. The van der Waals surface area contributed by atoms with Gasteiger partial charge in [-0.15, -0.1) is 0 Å². The van der Waals surface area contributed by atoms with E-state index in [2.05, 4.69) is 0 Å². The van der Waals surface area contributed by atoms with E-state index in [9.17, 15) is 4.79 Å². The summed E-state index contributed by atoms with van der Waals surface area (Å²) in [5, 5.41) is 0. The fraction of sp³-hybridized carbons (Fsp3) is 0.833. The smallest absolute Gasteiger partial charge is 0.319 e. The fourth-order valence-corrected chi connectivity index (χ4v) is 0.588. The predicted molar refractivity (Wildman–Crippen MR) is 36.2 cm³/mol. The van der Waals surface area contributed by atoms with Crippen LogP contribution in [-0.4, -0.2) is 24.7 Å². The first-order valence-corrected chi connectivity index (χ1v) is 3.31. The molecule has 4 N–H and O–H groups in total. The summed E-state index contributed by atoms with van der Waals surface area (Å²) in [6, 6.07) is 0. The van der Waals surface area contributed by atoms with Gasteiger partial charge in [0.2, 0.25) is 0 Å². The number of hydrogen-bond donors (Lipinski definition) is 2. The topological polar surface area (TPSA) is 78.3 Å². The van der Waals surface area contributed by atoms with E-state index in [0.29, 0.717) is 6.61 Å². The first-order chi connectivity index (χ1) is 4.66. The van der Waals surface area contributed by atoms with Gasteiger partial charge in [-0.1, -0.05) is 0 Å². The number of nitrogens with two attached hydrogens (primary N) is 2. The monoisotopic (exact) mass is 144 g/mol. The molecule has 0 aromatic heterocycles. The molecule has 10 heavy (non-hydrogen) atoms. The van der Waals surface area contributed by atoms with E-state index in [0.717, 1.165) is 12.8 Å². The third-order valence-corrected chi connectivity index (χ3v) is 1.58. The zero-order chi connectivity index (χ0) is 7.61. The van der Waals surface area contributed by atoms with Crippen LogP contribution in [0.3, 0.4) is 0 Å². The molecule has 1 aliphatic carbocycles. The molecule has 0 atom stereocenters. The summed E-state index contributed by atoms with van der Waals surface area (Å²) in [7, 11) is 0. The molecule has 0 spiro atoms. The molecule has 1 saturated carbocycles. The van der Waals surface area contributed by atoms with Gasteiger partial charge in [-0.3, -0.25) is 4.79 Å². The molecule has 0 heterocycles. The second kappa shape index (κ2) is 2.56. The molecule has 4 nitrogen and oxygen atoms in total. The summed E-state index contributed by atoms with van der Waals surface area (Å²) in [5.41, 5.74) is 10.4. The maximum Gasteiger partial charge on any atom is 0.319 e. The molecule has 1 rings (SSSR count). The third-order valence-electron chi connectivity index (χ3n) is 1.58. The molecule has 0 bridgehead atoms. The lowest BCUT2D eigenvalue weighted by Crippen LogP contribution is -2.31.